The largest absolute Gasteiger partial charge is 0.413 e. The molecule has 0 amide bonds. The zero-order valence-electron chi connectivity index (χ0n) is 20.1. The van der Waals surface area contributed by atoms with Gasteiger partial charge in [-0.3, -0.25) is 0 Å². The molecule has 30 heavy (non-hydrogen) atoms. The molecule has 1 aromatic rings. The Balaban J connectivity index is 2.56. The number of ether oxygens (including phenoxy) is 4. The number of anilines is 1. The third-order valence-corrected chi connectivity index (χ3v) is 9.79. The topological polar surface area (TPSA) is 58.2 Å². The minimum absolute atomic E-state index is 0.196. The Morgan fingerprint density at radius 3 is 2.03 bits per heavy atom. The van der Waals surface area contributed by atoms with E-state index < -0.39 is 8.32 Å². The van der Waals surface area contributed by atoms with Crippen molar-refractivity contribution in [2.75, 3.05) is 58.6 Å². The van der Waals surface area contributed by atoms with Gasteiger partial charge in [-0.1, -0.05) is 26.8 Å². The summed E-state index contributed by atoms with van der Waals surface area (Å²) in [5.74, 6) is 0. The monoisotopic (exact) mass is 441 g/mol. The van der Waals surface area contributed by atoms with Crippen LogP contribution in [-0.2, 0) is 36.6 Å². The molecule has 0 spiro atoms. The molecular weight excluding hydrogens is 398 g/mol. The van der Waals surface area contributed by atoms with Crippen molar-refractivity contribution in [2.45, 2.75) is 59.0 Å². The van der Waals surface area contributed by atoms with Gasteiger partial charge in [0.1, 0.15) is 0 Å². The van der Waals surface area contributed by atoms with Gasteiger partial charge in [-0.25, -0.2) is 0 Å². The second-order valence-electron chi connectivity index (χ2n) is 8.87. The number of hydrogen-bond acceptors (Lipinski definition) is 6. The van der Waals surface area contributed by atoms with Gasteiger partial charge in [0.25, 0.3) is 0 Å². The molecule has 0 radical (unpaired) electrons. The first-order valence-electron chi connectivity index (χ1n) is 10.9. The van der Waals surface area contributed by atoms with Crippen LogP contribution in [0.2, 0.25) is 18.1 Å². The fraction of sp³-hybridized carbons (Fsp3) is 0.739. The standard InChI is InChI=1S/C23H43NO5Si/c1-8-26-18-20-15-21(19-29-30(6,7)23(2,3)4)17-22(16-20)24-9-10-27-13-14-28-12-11-25-5/h15-17,24H,8-14,18-19H2,1-7H3. The highest BCUT2D eigenvalue weighted by molar-refractivity contribution is 6.74. The predicted molar refractivity (Wildman–Crippen MR) is 126 cm³/mol. The fourth-order valence-electron chi connectivity index (χ4n) is 2.46. The number of nitrogens with one attached hydrogen (secondary N) is 1. The average Bonchev–Trinajstić information content (AvgIpc) is 2.68. The van der Waals surface area contributed by atoms with E-state index in [0.717, 1.165) is 17.8 Å². The van der Waals surface area contributed by atoms with Crippen LogP contribution in [0.4, 0.5) is 5.69 Å². The molecule has 0 unspecified atom stereocenters. The van der Waals surface area contributed by atoms with Gasteiger partial charge < -0.3 is 28.7 Å². The maximum Gasteiger partial charge on any atom is 0.192 e. The normalized spacial score (nSPS) is 12.4. The van der Waals surface area contributed by atoms with E-state index in [2.05, 4.69) is 57.4 Å². The van der Waals surface area contributed by atoms with Gasteiger partial charge in [-0.05, 0) is 48.3 Å². The van der Waals surface area contributed by atoms with Crippen LogP contribution < -0.4 is 5.32 Å². The zero-order valence-corrected chi connectivity index (χ0v) is 21.1. The molecule has 0 fully saturated rings. The van der Waals surface area contributed by atoms with Gasteiger partial charge in [0.2, 0.25) is 0 Å². The fourth-order valence-corrected chi connectivity index (χ4v) is 3.42. The highest BCUT2D eigenvalue weighted by atomic mass is 28.4. The number of methoxy groups -OCH3 is 1. The summed E-state index contributed by atoms with van der Waals surface area (Å²) >= 11 is 0. The minimum Gasteiger partial charge on any atom is -0.413 e. The average molecular weight is 442 g/mol. The summed E-state index contributed by atoms with van der Waals surface area (Å²) in [6.07, 6.45) is 0. The smallest absolute Gasteiger partial charge is 0.192 e. The predicted octanol–water partition coefficient (Wildman–Crippen LogP) is 4.84. The Labute approximate surface area is 184 Å². The third kappa shape index (κ3) is 10.9. The molecule has 0 saturated heterocycles. The van der Waals surface area contributed by atoms with E-state index in [4.69, 9.17) is 23.4 Å². The van der Waals surface area contributed by atoms with Gasteiger partial charge in [0, 0.05) is 25.9 Å². The molecule has 0 aromatic heterocycles. The van der Waals surface area contributed by atoms with Crippen LogP contribution in [0.15, 0.2) is 18.2 Å². The summed E-state index contributed by atoms with van der Waals surface area (Å²) in [6, 6.07) is 6.48. The molecule has 174 valence electrons. The number of hydrogen-bond donors (Lipinski definition) is 1. The van der Waals surface area contributed by atoms with E-state index in [-0.39, 0.29) is 5.04 Å². The van der Waals surface area contributed by atoms with Crippen LogP contribution in [0.1, 0.15) is 38.8 Å². The molecular formula is C23H43NO5Si. The molecule has 0 heterocycles. The lowest BCUT2D eigenvalue weighted by atomic mass is 10.1. The first-order valence-corrected chi connectivity index (χ1v) is 13.8. The van der Waals surface area contributed by atoms with Crippen molar-refractivity contribution in [1.82, 2.24) is 0 Å². The summed E-state index contributed by atoms with van der Waals surface area (Å²) in [7, 11) is -0.125. The van der Waals surface area contributed by atoms with E-state index in [1.54, 1.807) is 7.11 Å². The molecule has 6 nitrogen and oxygen atoms in total. The van der Waals surface area contributed by atoms with Crippen LogP contribution in [-0.4, -0.2) is 61.6 Å². The highest BCUT2D eigenvalue weighted by Crippen LogP contribution is 2.37. The third-order valence-electron chi connectivity index (χ3n) is 5.31. The lowest BCUT2D eigenvalue weighted by Crippen LogP contribution is -2.40. The highest BCUT2D eigenvalue weighted by Gasteiger charge is 2.37. The molecule has 1 aromatic carbocycles. The SMILES string of the molecule is CCOCc1cc(CO[Si](C)(C)C(C)(C)C)cc(NCCOCCOCCOC)c1. The second kappa shape index (κ2) is 14.2. The Morgan fingerprint density at radius 1 is 0.833 bits per heavy atom. The summed E-state index contributed by atoms with van der Waals surface area (Å²) in [4.78, 5) is 0. The summed E-state index contributed by atoms with van der Waals surface area (Å²) in [5.41, 5.74) is 3.40. The Kier molecular flexibility index (Phi) is 12.8. The van der Waals surface area contributed by atoms with Crippen molar-refractivity contribution in [2.24, 2.45) is 0 Å². The first kappa shape index (κ1) is 27.1. The quantitative estimate of drug-likeness (QED) is 0.293. The van der Waals surface area contributed by atoms with Crippen molar-refractivity contribution < 1.29 is 23.4 Å². The maximum absolute atomic E-state index is 6.42. The van der Waals surface area contributed by atoms with Crippen molar-refractivity contribution in [3.05, 3.63) is 29.3 Å². The molecule has 0 saturated carbocycles. The molecule has 0 bridgehead atoms. The molecule has 7 heteroatoms. The minimum atomic E-state index is -1.79. The van der Waals surface area contributed by atoms with E-state index in [1.807, 2.05) is 6.92 Å². The Morgan fingerprint density at radius 2 is 1.43 bits per heavy atom. The van der Waals surface area contributed by atoms with Crippen molar-refractivity contribution in [3.63, 3.8) is 0 Å². The molecule has 1 N–H and O–H groups in total. The van der Waals surface area contributed by atoms with Gasteiger partial charge >= 0.3 is 0 Å². The molecule has 0 aliphatic rings. The van der Waals surface area contributed by atoms with Crippen molar-refractivity contribution in [3.8, 4) is 0 Å². The lowest BCUT2D eigenvalue weighted by Gasteiger charge is -2.36. The molecule has 0 aliphatic carbocycles. The maximum atomic E-state index is 6.42. The lowest BCUT2D eigenvalue weighted by molar-refractivity contribution is 0.0272. The van der Waals surface area contributed by atoms with Gasteiger partial charge in [-0.2, -0.15) is 0 Å². The van der Waals surface area contributed by atoms with Gasteiger partial charge in [-0.15, -0.1) is 0 Å². The summed E-state index contributed by atoms with van der Waals surface area (Å²) in [5, 5.41) is 3.65. The van der Waals surface area contributed by atoms with Crippen LogP contribution in [0.5, 0.6) is 0 Å². The van der Waals surface area contributed by atoms with E-state index in [9.17, 15) is 0 Å². The van der Waals surface area contributed by atoms with Crippen LogP contribution in [0, 0.1) is 0 Å². The molecule has 0 atom stereocenters. The Bertz CT molecular complexity index is 589. The van der Waals surface area contributed by atoms with E-state index >= 15 is 0 Å². The summed E-state index contributed by atoms with van der Waals surface area (Å²) < 4.78 is 28.0. The first-order chi connectivity index (χ1) is 14.2. The molecule has 0 aliphatic heterocycles. The van der Waals surface area contributed by atoms with Crippen molar-refractivity contribution in [1.29, 1.82) is 0 Å². The van der Waals surface area contributed by atoms with Gasteiger partial charge in [0.15, 0.2) is 8.32 Å². The van der Waals surface area contributed by atoms with E-state index in [0.29, 0.717) is 52.9 Å². The van der Waals surface area contributed by atoms with Crippen LogP contribution in [0.25, 0.3) is 0 Å². The van der Waals surface area contributed by atoms with Crippen molar-refractivity contribution >= 4 is 14.0 Å². The zero-order chi connectivity index (χ0) is 22.5. The van der Waals surface area contributed by atoms with Crippen LogP contribution in [0.3, 0.4) is 0 Å². The second-order valence-corrected chi connectivity index (χ2v) is 13.7. The molecule has 1 rings (SSSR count). The number of rotatable bonds is 16. The van der Waals surface area contributed by atoms with E-state index in [1.165, 1.54) is 5.56 Å². The summed E-state index contributed by atoms with van der Waals surface area (Å²) in [6.45, 7) is 19.1. The Hall–Kier alpha value is -0.963. The van der Waals surface area contributed by atoms with Gasteiger partial charge in [0.05, 0.1) is 46.2 Å². The number of benzene rings is 1. The van der Waals surface area contributed by atoms with Crippen LogP contribution >= 0.6 is 0 Å².